The summed E-state index contributed by atoms with van der Waals surface area (Å²) in [5.74, 6) is 7.02. The van der Waals surface area contributed by atoms with Gasteiger partial charge in [-0.2, -0.15) is 5.10 Å². The van der Waals surface area contributed by atoms with Gasteiger partial charge in [-0.1, -0.05) is 6.92 Å². The quantitative estimate of drug-likeness (QED) is 0.507. The monoisotopic (exact) mass is 241 g/mol. The molecule has 3 N–H and O–H groups in total. The van der Waals surface area contributed by atoms with E-state index in [-0.39, 0.29) is 6.04 Å². The molecule has 6 nitrogen and oxygen atoms in total. The highest BCUT2D eigenvalue weighted by atomic mass is 16.5. The second-order valence-electron chi connectivity index (χ2n) is 4.36. The molecule has 0 fully saturated rings. The van der Waals surface area contributed by atoms with Crippen LogP contribution in [0.4, 0.5) is 0 Å². The lowest BCUT2D eigenvalue weighted by Gasteiger charge is -2.19. The number of methoxy groups -OCH3 is 1. The van der Waals surface area contributed by atoms with Crippen molar-refractivity contribution < 1.29 is 4.74 Å². The van der Waals surface area contributed by atoms with Crippen molar-refractivity contribution in [1.82, 2.24) is 20.2 Å². The van der Waals surface area contributed by atoms with Crippen LogP contribution in [0.5, 0.6) is 0 Å². The summed E-state index contributed by atoms with van der Waals surface area (Å²) in [6.45, 7) is 5.79. The number of hydrogen-bond acceptors (Lipinski definition) is 5. The molecule has 2 unspecified atom stereocenters. The van der Waals surface area contributed by atoms with E-state index in [0.717, 1.165) is 31.8 Å². The number of hydrogen-bond donors (Lipinski definition) is 2. The Morgan fingerprint density at radius 1 is 1.59 bits per heavy atom. The summed E-state index contributed by atoms with van der Waals surface area (Å²) in [6, 6.07) is 0.203. The van der Waals surface area contributed by atoms with Gasteiger partial charge in [-0.05, 0) is 19.3 Å². The maximum absolute atomic E-state index is 5.58. The van der Waals surface area contributed by atoms with Gasteiger partial charge in [0.15, 0.2) is 0 Å². The van der Waals surface area contributed by atoms with Crippen LogP contribution < -0.4 is 11.3 Å². The van der Waals surface area contributed by atoms with E-state index in [2.05, 4.69) is 29.4 Å². The van der Waals surface area contributed by atoms with Gasteiger partial charge in [0.1, 0.15) is 12.2 Å². The second-order valence-corrected chi connectivity index (χ2v) is 4.36. The van der Waals surface area contributed by atoms with Crippen LogP contribution in [0.25, 0.3) is 0 Å². The summed E-state index contributed by atoms with van der Waals surface area (Å²) in [6.07, 6.45) is 3.34. The van der Waals surface area contributed by atoms with Crippen LogP contribution in [0.2, 0.25) is 0 Å². The van der Waals surface area contributed by atoms with Crippen molar-refractivity contribution >= 4 is 0 Å². The summed E-state index contributed by atoms with van der Waals surface area (Å²) in [7, 11) is 1.72. The van der Waals surface area contributed by atoms with Gasteiger partial charge in [-0.25, -0.2) is 4.98 Å². The van der Waals surface area contributed by atoms with Crippen molar-refractivity contribution in [2.45, 2.75) is 39.3 Å². The first-order chi connectivity index (χ1) is 8.21. The van der Waals surface area contributed by atoms with Crippen LogP contribution >= 0.6 is 0 Å². The lowest BCUT2D eigenvalue weighted by molar-refractivity contribution is 0.149. The van der Waals surface area contributed by atoms with Crippen LogP contribution in [0.3, 0.4) is 0 Å². The molecule has 1 rings (SSSR count). The van der Waals surface area contributed by atoms with Gasteiger partial charge in [-0.15, -0.1) is 0 Å². The lowest BCUT2D eigenvalue weighted by atomic mass is 10.0. The van der Waals surface area contributed by atoms with Gasteiger partial charge in [0.25, 0.3) is 0 Å². The van der Waals surface area contributed by atoms with Gasteiger partial charge < -0.3 is 4.74 Å². The second kappa shape index (κ2) is 7.37. The normalized spacial score (nSPS) is 14.8. The van der Waals surface area contributed by atoms with Crippen molar-refractivity contribution in [3.63, 3.8) is 0 Å². The number of aromatic nitrogens is 3. The van der Waals surface area contributed by atoms with Gasteiger partial charge in [0, 0.05) is 32.7 Å². The Morgan fingerprint density at radius 2 is 2.35 bits per heavy atom. The zero-order valence-corrected chi connectivity index (χ0v) is 10.9. The van der Waals surface area contributed by atoms with Crippen molar-refractivity contribution in [1.29, 1.82) is 0 Å². The molecular weight excluding hydrogens is 218 g/mol. The minimum atomic E-state index is 0.203. The Morgan fingerprint density at radius 3 is 2.94 bits per heavy atom. The molecule has 2 atom stereocenters. The maximum Gasteiger partial charge on any atom is 0.138 e. The van der Waals surface area contributed by atoms with Crippen LogP contribution in [-0.2, 0) is 17.7 Å². The Labute approximate surface area is 103 Å². The van der Waals surface area contributed by atoms with Crippen LogP contribution in [0.15, 0.2) is 6.33 Å². The van der Waals surface area contributed by atoms with Crippen molar-refractivity contribution in [2.24, 2.45) is 11.8 Å². The Balaban J connectivity index is 2.51. The number of nitrogens with zero attached hydrogens (tertiary/aromatic N) is 3. The molecule has 0 spiro atoms. The van der Waals surface area contributed by atoms with Gasteiger partial charge in [0.2, 0.25) is 0 Å². The van der Waals surface area contributed by atoms with E-state index < -0.39 is 0 Å². The van der Waals surface area contributed by atoms with Crippen LogP contribution in [0, 0.1) is 5.92 Å². The number of nitrogens with two attached hydrogens (primary N) is 1. The molecule has 0 radical (unpaired) electrons. The van der Waals surface area contributed by atoms with E-state index in [1.54, 1.807) is 13.4 Å². The summed E-state index contributed by atoms with van der Waals surface area (Å²) in [5.41, 5.74) is 2.84. The molecule has 6 heteroatoms. The summed E-state index contributed by atoms with van der Waals surface area (Å²) in [5, 5.41) is 4.15. The fraction of sp³-hybridized carbons (Fsp3) is 0.818. The van der Waals surface area contributed by atoms with Crippen LogP contribution in [-0.4, -0.2) is 34.5 Å². The molecule has 1 heterocycles. The third kappa shape index (κ3) is 4.41. The van der Waals surface area contributed by atoms with Crippen molar-refractivity contribution in [3.8, 4) is 0 Å². The highest BCUT2D eigenvalue weighted by Crippen LogP contribution is 2.10. The topological polar surface area (TPSA) is 78.0 Å². The Hall–Kier alpha value is -0.980. The third-order valence-electron chi connectivity index (χ3n) is 2.80. The third-order valence-corrected chi connectivity index (χ3v) is 2.80. The van der Waals surface area contributed by atoms with Gasteiger partial charge >= 0.3 is 0 Å². The summed E-state index contributed by atoms with van der Waals surface area (Å²) >= 11 is 0. The molecule has 0 amide bonds. The minimum Gasteiger partial charge on any atom is -0.384 e. The van der Waals surface area contributed by atoms with Crippen molar-refractivity contribution in [3.05, 3.63) is 12.2 Å². The SMILES string of the molecule is CCn1ncnc1CC(CC(C)COC)NN. The largest absolute Gasteiger partial charge is 0.384 e. The smallest absolute Gasteiger partial charge is 0.138 e. The van der Waals surface area contributed by atoms with E-state index in [0.29, 0.717) is 5.92 Å². The molecule has 17 heavy (non-hydrogen) atoms. The van der Waals surface area contributed by atoms with E-state index in [1.807, 2.05) is 4.68 Å². The fourth-order valence-electron chi connectivity index (χ4n) is 1.98. The van der Waals surface area contributed by atoms with Gasteiger partial charge in [0.05, 0.1) is 0 Å². The van der Waals surface area contributed by atoms with Crippen LogP contribution in [0.1, 0.15) is 26.1 Å². The highest BCUT2D eigenvalue weighted by Gasteiger charge is 2.15. The number of nitrogens with one attached hydrogen (secondary N) is 1. The molecule has 0 aliphatic heterocycles. The lowest BCUT2D eigenvalue weighted by Crippen LogP contribution is -2.39. The molecule has 1 aromatic heterocycles. The molecule has 0 aliphatic rings. The van der Waals surface area contributed by atoms with E-state index >= 15 is 0 Å². The molecule has 0 aliphatic carbocycles. The first kappa shape index (κ1) is 14.1. The summed E-state index contributed by atoms with van der Waals surface area (Å²) < 4.78 is 7.02. The van der Waals surface area contributed by atoms with Gasteiger partial charge in [-0.3, -0.25) is 16.0 Å². The molecule has 0 saturated carbocycles. The average molecular weight is 241 g/mol. The molecule has 98 valence electrons. The zero-order valence-electron chi connectivity index (χ0n) is 10.9. The molecule has 0 bridgehead atoms. The highest BCUT2D eigenvalue weighted by molar-refractivity contribution is 4.89. The minimum absolute atomic E-state index is 0.203. The molecule has 1 aromatic rings. The Kier molecular flexibility index (Phi) is 6.10. The number of aryl methyl sites for hydroxylation is 1. The maximum atomic E-state index is 5.58. The van der Waals surface area contributed by atoms with Crippen molar-refractivity contribution in [2.75, 3.05) is 13.7 Å². The predicted molar refractivity (Wildman–Crippen MR) is 66.2 cm³/mol. The fourth-order valence-corrected chi connectivity index (χ4v) is 1.98. The van der Waals surface area contributed by atoms with E-state index in [9.17, 15) is 0 Å². The number of ether oxygens (including phenoxy) is 1. The zero-order chi connectivity index (χ0) is 12.7. The molecule has 0 aromatic carbocycles. The Bertz CT molecular complexity index is 315. The number of hydrazine groups is 1. The standard InChI is InChI=1S/C11H23N5O/c1-4-16-11(13-8-14-16)6-10(15-12)5-9(2)7-17-3/h8-10,15H,4-7,12H2,1-3H3. The number of rotatable bonds is 8. The van der Waals surface area contributed by atoms with E-state index in [4.69, 9.17) is 10.6 Å². The molecule has 0 saturated heterocycles. The predicted octanol–water partition coefficient (Wildman–Crippen LogP) is 0.345. The first-order valence-electron chi connectivity index (χ1n) is 6.03. The molecular formula is C11H23N5O. The van der Waals surface area contributed by atoms with E-state index in [1.165, 1.54) is 0 Å². The first-order valence-corrected chi connectivity index (χ1v) is 6.03. The average Bonchev–Trinajstić information content (AvgIpc) is 2.75. The summed E-state index contributed by atoms with van der Waals surface area (Å²) in [4.78, 5) is 4.25.